The molecule has 1 atom stereocenters. The van der Waals surface area contributed by atoms with Crippen LogP contribution in [0.3, 0.4) is 0 Å². The lowest BCUT2D eigenvalue weighted by atomic mass is 10.2. The van der Waals surface area contributed by atoms with Crippen LogP contribution in [0.1, 0.15) is 12.5 Å². The molecular formula is C11H14N4O. The number of hydrogen-bond donors (Lipinski definition) is 3. The lowest BCUT2D eigenvalue weighted by Gasteiger charge is -2.12. The molecule has 0 heterocycles. The van der Waals surface area contributed by atoms with Crippen LogP contribution in [0.2, 0.25) is 0 Å². The molecule has 16 heavy (non-hydrogen) atoms. The Morgan fingerprint density at radius 3 is 2.62 bits per heavy atom. The monoisotopic (exact) mass is 218 g/mol. The zero-order chi connectivity index (χ0) is 12.0. The Bertz CT molecular complexity index is 393. The van der Waals surface area contributed by atoms with E-state index in [4.69, 9.17) is 11.0 Å². The molecule has 0 aromatic heterocycles. The van der Waals surface area contributed by atoms with Crippen LogP contribution in [0, 0.1) is 11.3 Å². The molecule has 0 bridgehead atoms. The number of anilines is 1. The van der Waals surface area contributed by atoms with Gasteiger partial charge in [0, 0.05) is 18.3 Å². The second-order valence-electron chi connectivity index (χ2n) is 3.42. The molecule has 1 unspecified atom stereocenters. The van der Waals surface area contributed by atoms with Crippen molar-refractivity contribution < 1.29 is 4.79 Å². The zero-order valence-corrected chi connectivity index (χ0v) is 9.03. The van der Waals surface area contributed by atoms with E-state index in [0.717, 1.165) is 0 Å². The van der Waals surface area contributed by atoms with E-state index in [1.807, 2.05) is 13.0 Å². The summed E-state index contributed by atoms with van der Waals surface area (Å²) in [4.78, 5) is 11.4. The van der Waals surface area contributed by atoms with Gasteiger partial charge in [-0.25, -0.2) is 4.79 Å². The number of carbonyl (C=O) groups is 1. The maximum Gasteiger partial charge on any atom is 0.319 e. The third-order valence-electron chi connectivity index (χ3n) is 2.00. The minimum atomic E-state index is -0.303. The van der Waals surface area contributed by atoms with E-state index in [9.17, 15) is 4.79 Å². The Kier molecular flexibility index (Phi) is 4.30. The molecule has 4 N–H and O–H groups in total. The molecular weight excluding hydrogens is 204 g/mol. The predicted molar refractivity (Wildman–Crippen MR) is 61.8 cm³/mol. The summed E-state index contributed by atoms with van der Waals surface area (Å²) >= 11 is 0. The normalized spacial score (nSPS) is 11.3. The fourth-order valence-corrected chi connectivity index (χ4v) is 1.08. The van der Waals surface area contributed by atoms with Gasteiger partial charge in [-0.1, -0.05) is 0 Å². The molecule has 84 valence electrons. The summed E-state index contributed by atoms with van der Waals surface area (Å²) in [6, 6.07) is 8.26. The van der Waals surface area contributed by atoms with E-state index in [2.05, 4.69) is 10.6 Å². The molecule has 0 aliphatic carbocycles. The van der Waals surface area contributed by atoms with Crippen molar-refractivity contribution >= 4 is 11.7 Å². The molecule has 0 fully saturated rings. The van der Waals surface area contributed by atoms with E-state index in [1.54, 1.807) is 24.3 Å². The summed E-state index contributed by atoms with van der Waals surface area (Å²) in [6.07, 6.45) is 0. The fourth-order valence-electron chi connectivity index (χ4n) is 1.08. The van der Waals surface area contributed by atoms with Crippen molar-refractivity contribution in [1.82, 2.24) is 5.32 Å². The van der Waals surface area contributed by atoms with Gasteiger partial charge < -0.3 is 16.4 Å². The molecule has 0 saturated carbocycles. The largest absolute Gasteiger partial charge is 0.334 e. The zero-order valence-electron chi connectivity index (χ0n) is 9.03. The highest BCUT2D eigenvalue weighted by atomic mass is 16.2. The van der Waals surface area contributed by atoms with E-state index >= 15 is 0 Å². The number of amides is 2. The minimum absolute atomic E-state index is 0.0709. The number of rotatable bonds is 3. The van der Waals surface area contributed by atoms with Crippen molar-refractivity contribution in [3.63, 3.8) is 0 Å². The summed E-state index contributed by atoms with van der Waals surface area (Å²) in [5.74, 6) is 0. The summed E-state index contributed by atoms with van der Waals surface area (Å²) < 4.78 is 0. The fraction of sp³-hybridized carbons (Fsp3) is 0.273. The molecule has 1 aromatic carbocycles. The van der Waals surface area contributed by atoms with Gasteiger partial charge in [0.1, 0.15) is 0 Å². The first-order valence-corrected chi connectivity index (χ1v) is 4.93. The topological polar surface area (TPSA) is 90.9 Å². The number of nitriles is 1. The van der Waals surface area contributed by atoms with E-state index in [1.165, 1.54) is 0 Å². The van der Waals surface area contributed by atoms with Crippen LogP contribution in [0.15, 0.2) is 24.3 Å². The number of nitrogens with two attached hydrogens (primary N) is 1. The Morgan fingerprint density at radius 1 is 1.50 bits per heavy atom. The van der Waals surface area contributed by atoms with Crippen molar-refractivity contribution in [2.75, 3.05) is 11.9 Å². The third-order valence-corrected chi connectivity index (χ3v) is 2.00. The second kappa shape index (κ2) is 5.73. The van der Waals surface area contributed by atoms with Gasteiger partial charge in [-0.15, -0.1) is 0 Å². The van der Waals surface area contributed by atoms with Gasteiger partial charge in [-0.05, 0) is 31.2 Å². The van der Waals surface area contributed by atoms with Gasteiger partial charge >= 0.3 is 6.03 Å². The number of benzene rings is 1. The first-order valence-electron chi connectivity index (χ1n) is 4.93. The molecule has 1 rings (SSSR count). The van der Waals surface area contributed by atoms with Crippen molar-refractivity contribution in [3.8, 4) is 6.07 Å². The maximum absolute atomic E-state index is 11.4. The average Bonchev–Trinajstić information content (AvgIpc) is 2.29. The predicted octanol–water partition coefficient (Wildman–Crippen LogP) is 1.03. The van der Waals surface area contributed by atoms with Crippen LogP contribution in [-0.4, -0.2) is 18.6 Å². The highest BCUT2D eigenvalue weighted by Crippen LogP contribution is 2.08. The lowest BCUT2D eigenvalue weighted by molar-refractivity contribution is 0.249. The number of urea groups is 1. The van der Waals surface area contributed by atoms with Crippen LogP contribution in [0.5, 0.6) is 0 Å². The van der Waals surface area contributed by atoms with Crippen LogP contribution in [-0.2, 0) is 0 Å². The van der Waals surface area contributed by atoms with Gasteiger partial charge in [-0.3, -0.25) is 0 Å². The maximum atomic E-state index is 11.4. The van der Waals surface area contributed by atoms with Crippen molar-refractivity contribution in [2.24, 2.45) is 5.73 Å². The summed E-state index contributed by atoms with van der Waals surface area (Å²) in [5.41, 5.74) is 6.57. The molecule has 1 aromatic rings. The highest BCUT2D eigenvalue weighted by Gasteiger charge is 2.05. The number of carbonyl (C=O) groups excluding carboxylic acids is 1. The van der Waals surface area contributed by atoms with Crippen LogP contribution in [0.25, 0.3) is 0 Å². The van der Waals surface area contributed by atoms with Crippen LogP contribution >= 0.6 is 0 Å². The van der Waals surface area contributed by atoms with Gasteiger partial charge in [0.15, 0.2) is 0 Å². The Hall–Kier alpha value is -2.06. The minimum Gasteiger partial charge on any atom is -0.334 e. The number of hydrogen-bond acceptors (Lipinski definition) is 3. The second-order valence-corrected chi connectivity index (χ2v) is 3.42. The van der Waals surface area contributed by atoms with Gasteiger partial charge in [0.25, 0.3) is 0 Å². The highest BCUT2D eigenvalue weighted by molar-refractivity contribution is 5.89. The Labute approximate surface area is 94.2 Å². The first kappa shape index (κ1) is 12.0. The molecule has 5 heteroatoms. The molecule has 0 aliphatic rings. The number of nitrogens with zero attached hydrogens (tertiary/aromatic N) is 1. The van der Waals surface area contributed by atoms with E-state index < -0.39 is 0 Å². The van der Waals surface area contributed by atoms with E-state index in [-0.39, 0.29) is 12.1 Å². The molecule has 0 spiro atoms. The Morgan fingerprint density at radius 2 is 2.12 bits per heavy atom. The molecule has 0 saturated heterocycles. The SMILES string of the molecule is CC(CN)NC(=O)Nc1ccc(C#N)cc1. The van der Waals surface area contributed by atoms with Crippen LogP contribution in [0.4, 0.5) is 10.5 Å². The Balaban J connectivity index is 2.53. The first-order chi connectivity index (χ1) is 7.65. The van der Waals surface area contributed by atoms with E-state index in [0.29, 0.717) is 17.8 Å². The summed E-state index contributed by atoms with van der Waals surface area (Å²) in [6.45, 7) is 2.21. The van der Waals surface area contributed by atoms with Gasteiger partial charge in [0.2, 0.25) is 0 Å². The summed E-state index contributed by atoms with van der Waals surface area (Å²) in [5, 5.41) is 13.9. The van der Waals surface area contributed by atoms with Crippen molar-refractivity contribution in [3.05, 3.63) is 29.8 Å². The quantitative estimate of drug-likeness (QED) is 0.707. The standard InChI is InChI=1S/C11H14N4O/c1-8(6-12)14-11(16)15-10-4-2-9(7-13)3-5-10/h2-5,8H,6,12H2,1H3,(H2,14,15,16). The smallest absolute Gasteiger partial charge is 0.319 e. The van der Waals surface area contributed by atoms with Crippen molar-refractivity contribution in [1.29, 1.82) is 5.26 Å². The average molecular weight is 218 g/mol. The van der Waals surface area contributed by atoms with Crippen LogP contribution < -0.4 is 16.4 Å². The molecule has 0 aliphatic heterocycles. The third kappa shape index (κ3) is 3.59. The molecule has 2 amide bonds. The van der Waals surface area contributed by atoms with Gasteiger partial charge in [-0.2, -0.15) is 5.26 Å². The lowest BCUT2D eigenvalue weighted by Crippen LogP contribution is -2.40. The summed E-state index contributed by atoms with van der Waals surface area (Å²) in [7, 11) is 0. The molecule has 5 nitrogen and oxygen atoms in total. The van der Waals surface area contributed by atoms with Gasteiger partial charge in [0.05, 0.1) is 11.6 Å². The van der Waals surface area contributed by atoms with Crippen molar-refractivity contribution in [2.45, 2.75) is 13.0 Å². The molecule has 0 radical (unpaired) electrons. The number of nitrogens with one attached hydrogen (secondary N) is 2.